The maximum Gasteiger partial charge on any atom is 0.0928 e. The zero-order valence-electron chi connectivity index (χ0n) is 7.72. The summed E-state index contributed by atoms with van der Waals surface area (Å²) in [7, 11) is 0. The minimum atomic E-state index is -0.445. The molecule has 1 fully saturated rings. The summed E-state index contributed by atoms with van der Waals surface area (Å²) in [5, 5.41) is 13.6. The van der Waals surface area contributed by atoms with E-state index >= 15 is 0 Å². The maximum atomic E-state index is 9.44. The van der Waals surface area contributed by atoms with E-state index in [2.05, 4.69) is 5.10 Å². The van der Waals surface area contributed by atoms with Gasteiger partial charge in [0.1, 0.15) is 0 Å². The quantitative estimate of drug-likeness (QED) is 0.702. The normalized spacial score (nSPS) is 29.8. The molecule has 0 amide bonds. The molecule has 1 saturated carbocycles. The van der Waals surface area contributed by atoms with Crippen LogP contribution >= 0.6 is 0 Å². The van der Waals surface area contributed by atoms with Gasteiger partial charge in [0.2, 0.25) is 0 Å². The minimum absolute atomic E-state index is 0.316. The lowest BCUT2D eigenvalue weighted by Gasteiger charge is -2.33. The smallest absolute Gasteiger partial charge is 0.0928 e. The van der Waals surface area contributed by atoms with Crippen LogP contribution in [0.25, 0.3) is 0 Å². The molecule has 1 aromatic rings. The molecule has 0 unspecified atom stereocenters. The van der Waals surface area contributed by atoms with Gasteiger partial charge in [-0.05, 0) is 25.8 Å². The van der Waals surface area contributed by atoms with E-state index < -0.39 is 6.10 Å². The first-order chi connectivity index (χ1) is 6.18. The summed E-state index contributed by atoms with van der Waals surface area (Å²) in [5.74, 6) is 0. The van der Waals surface area contributed by atoms with Gasteiger partial charge in [0.05, 0.1) is 17.8 Å². The highest BCUT2D eigenvalue weighted by Gasteiger charge is 2.29. The van der Waals surface area contributed by atoms with E-state index in [1.807, 2.05) is 10.7 Å². The molecule has 0 aliphatic heterocycles. The molecule has 0 bridgehead atoms. The minimum Gasteiger partial charge on any atom is -0.387 e. The van der Waals surface area contributed by atoms with Crippen LogP contribution in [0.1, 0.15) is 37.6 Å². The summed E-state index contributed by atoms with van der Waals surface area (Å²) < 4.78 is 1.90. The zero-order valence-corrected chi connectivity index (χ0v) is 7.72. The Bertz CT molecular complexity index is 289. The van der Waals surface area contributed by atoms with E-state index in [1.54, 1.807) is 13.1 Å². The summed E-state index contributed by atoms with van der Waals surface area (Å²) in [4.78, 5) is 0. The van der Waals surface area contributed by atoms with Crippen LogP contribution in [0.2, 0.25) is 0 Å². The fraction of sp³-hybridized carbons (Fsp3) is 0.667. The van der Waals surface area contributed by atoms with Crippen molar-refractivity contribution in [1.82, 2.24) is 9.78 Å². The molecule has 0 spiro atoms. The van der Waals surface area contributed by atoms with Crippen molar-refractivity contribution in [2.75, 3.05) is 0 Å². The Morgan fingerprint density at radius 1 is 1.69 bits per heavy atom. The van der Waals surface area contributed by atoms with Crippen LogP contribution in [-0.4, -0.2) is 20.9 Å². The average Bonchev–Trinajstić information content (AvgIpc) is 2.45. The van der Waals surface area contributed by atoms with Gasteiger partial charge in [-0.3, -0.25) is 4.68 Å². The molecule has 0 aromatic carbocycles. The van der Waals surface area contributed by atoms with Gasteiger partial charge in [0, 0.05) is 12.2 Å². The first-order valence-electron chi connectivity index (χ1n) is 4.65. The molecule has 1 aliphatic carbocycles. The molecule has 13 heavy (non-hydrogen) atoms. The largest absolute Gasteiger partial charge is 0.387 e. The average molecular weight is 181 g/mol. The van der Waals surface area contributed by atoms with Crippen LogP contribution in [0.15, 0.2) is 12.3 Å². The van der Waals surface area contributed by atoms with Crippen molar-refractivity contribution in [3.8, 4) is 0 Å². The molecule has 72 valence electrons. The number of aliphatic hydroxyl groups excluding tert-OH is 1. The second kappa shape index (κ2) is 3.12. The summed E-state index contributed by atoms with van der Waals surface area (Å²) in [6.07, 6.45) is 3.23. The highest BCUT2D eigenvalue weighted by Crippen LogP contribution is 2.32. The van der Waals surface area contributed by atoms with Crippen molar-refractivity contribution in [1.29, 1.82) is 0 Å². The highest BCUT2D eigenvalue weighted by atomic mass is 16.3. The van der Waals surface area contributed by atoms with Crippen LogP contribution in [0.5, 0.6) is 0 Å². The Morgan fingerprint density at radius 3 is 2.92 bits per heavy atom. The molecular weight excluding hydrogens is 166 g/mol. The number of aromatic nitrogens is 2. The third-order valence-electron chi connectivity index (χ3n) is 2.62. The lowest BCUT2D eigenvalue weighted by atomic mass is 9.87. The first-order valence-corrected chi connectivity index (χ1v) is 4.65. The Kier molecular flexibility index (Phi) is 2.09. The number of nitrogens with two attached hydrogens (primary N) is 1. The van der Waals surface area contributed by atoms with Crippen molar-refractivity contribution in [2.45, 2.75) is 38.0 Å². The van der Waals surface area contributed by atoms with Gasteiger partial charge in [0.25, 0.3) is 0 Å². The molecule has 1 aromatic heterocycles. The molecule has 4 nitrogen and oxygen atoms in total. The molecule has 1 aliphatic rings. The standard InChI is InChI=1S/C9H15N3O/c1-6(13)9-2-3-11-12(9)8-4-7(10)5-8/h2-3,6-8,13H,4-5,10H2,1H3/t6-,7?,8?/m0/s1. The summed E-state index contributed by atoms with van der Waals surface area (Å²) in [6.45, 7) is 1.76. The SMILES string of the molecule is C[C@H](O)c1ccnn1C1CC(N)C1. The molecule has 2 rings (SSSR count). The maximum absolute atomic E-state index is 9.44. The molecular formula is C9H15N3O. The van der Waals surface area contributed by atoms with Crippen molar-refractivity contribution >= 4 is 0 Å². The Morgan fingerprint density at radius 2 is 2.38 bits per heavy atom. The van der Waals surface area contributed by atoms with Crippen LogP contribution in [-0.2, 0) is 0 Å². The topological polar surface area (TPSA) is 64.1 Å². The van der Waals surface area contributed by atoms with Gasteiger partial charge in [-0.25, -0.2) is 0 Å². The van der Waals surface area contributed by atoms with Crippen molar-refractivity contribution < 1.29 is 5.11 Å². The van der Waals surface area contributed by atoms with Crippen LogP contribution in [0.4, 0.5) is 0 Å². The molecule has 1 heterocycles. The van der Waals surface area contributed by atoms with E-state index in [1.165, 1.54) is 0 Å². The monoisotopic (exact) mass is 181 g/mol. The number of hydrogen-bond donors (Lipinski definition) is 2. The van der Waals surface area contributed by atoms with E-state index in [4.69, 9.17) is 5.73 Å². The van der Waals surface area contributed by atoms with Crippen LogP contribution < -0.4 is 5.73 Å². The number of aliphatic hydroxyl groups is 1. The van der Waals surface area contributed by atoms with E-state index in [9.17, 15) is 5.11 Å². The van der Waals surface area contributed by atoms with Crippen molar-refractivity contribution in [3.05, 3.63) is 18.0 Å². The molecule has 0 saturated heterocycles. The lowest BCUT2D eigenvalue weighted by Crippen LogP contribution is -2.38. The van der Waals surface area contributed by atoms with Gasteiger partial charge < -0.3 is 10.8 Å². The predicted octanol–water partition coefficient (Wildman–Crippen LogP) is 0.599. The molecule has 3 N–H and O–H groups in total. The second-order valence-corrected chi connectivity index (χ2v) is 3.76. The number of nitrogens with zero attached hydrogens (tertiary/aromatic N) is 2. The third-order valence-corrected chi connectivity index (χ3v) is 2.62. The molecule has 0 radical (unpaired) electrons. The summed E-state index contributed by atoms with van der Waals surface area (Å²) in [6, 6.07) is 2.57. The Hall–Kier alpha value is -0.870. The summed E-state index contributed by atoms with van der Waals surface area (Å²) >= 11 is 0. The van der Waals surface area contributed by atoms with Gasteiger partial charge in [-0.2, -0.15) is 5.10 Å². The fourth-order valence-electron chi connectivity index (χ4n) is 1.79. The second-order valence-electron chi connectivity index (χ2n) is 3.76. The molecule has 4 heteroatoms. The van der Waals surface area contributed by atoms with Gasteiger partial charge in [0.15, 0.2) is 0 Å². The summed E-state index contributed by atoms with van der Waals surface area (Å²) in [5.41, 5.74) is 6.58. The third kappa shape index (κ3) is 1.47. The Labute approximate surface area is 77.4 Å². The van der Waals surface area contributed by atoms with Crippen LogP contribution in [0.3, 0.4) is 0 Å². The number of rotatable bonds is 2. The predicted molar refractivity (Wildman–Crippen MR) is 49.1 cm³/mol. The van der Waals surface area contributed by atoms with E-state index in [0.29, 0.717) is 12.1 Å². The van der Waals surface area contributed by atoms with E-state index in [0.717, 1.165) is 18.5 Å². The fourth-order valence-corrected chi connectivity index (χ4v) is 1.79. The van der Waals surface area contributed by atoms with Crippen molar-refractivity contribution in [2.24, 2.45) is 5.73 Å². The lowest BCUT2D eigenvalue weighted by molar-refractivity contribution is 0.166. The van der Waals surface area contributed by atoms with Gasteiger partial charge in [-0.15, -0.1) is 0 Å². The number of hydrogen-bond acceptors (Lipinski definition) is 3. The first kappa shape index (κ1) is 8.72. The van der Waals surface area contributed by atoms with Gasteiger partial charge >= 0.3 is 0 Å². The van der Waals surface area contributed by atoms with Gasteiger partial charge in [-0.1, -0.05) is 0 Å². The highest BCUT2D eigenvalue weighted by molar-refractivity contribution is 5.06. The van der Waals surface area contributed by atoms with Crippen molar-refractivity contribution in [3.63, 3.8) is 0 Å². The Balaban J connectivity index is 2.16. The van der Waals surface area contributed by atoms with Crippen LogP contribution in [0, 0.1) is 0 Å². The van der Waals surface area contributed by atoms with E-state index in [-0.39, 0.29) is 0 Å². The molecule has 1 atom stereocenters. The zero-order chi connectivity index (χ0) is 9.42.